The van der Waals surface area contributed by atoms with Gasteiger partial charge < -0.3 is 10.4 Å². The number of carbonyl (C=O) groups excluding carboxylic acids is 1. The summed E-state index contributed by atoms with van der Waals surface area (Å²) in [5, 5.41) is 16.9. The number of nitrogens with one attached hydrogen (secondary N) is 1. The van der Waals surface area contributed by atoms with Gasteiger partial charge in [-0.05, 0) is 38.2 Å². The van der Waals surface area contributed by atoms with E-state index in [9.17, 15) is 19.1 Å². The standard InChI is InChI=1S/C21H26FN3O3/c1-12(2)20-16(15-7-5-6-13(3)19(15)22)8-18(27)25(24-20)11-17(26)23-14-9-21(4,28)10-14/h5-8,12,14,28H,9-11H2,1-4H3,(H,23,26)/t14-,21+. The fourth-order valence-corrected chi connectivity index (χ4v) is 3.63. The molecule has 0 unspecified atom stereocenters. The largest absolute Gasteiger partial charge is 0.390 e. The molecule has 1 fully saturated rings. The molecule has 0 radical (unpaired) electrons. The van der Waals surface area contributed by atoms with Gasteiger partial charge >= 0.3 is 0 Å². The van der Waals surface area contributed by atoms with Crippen molar-refractivity contribution in [1.29, 1.82) is 0 Å². The Hall–Kier alpha value is -2.54. The maximum absolute atomic E-state index is 14.6. The summed E-state index contributed by atoms with van der Waals surface area (Å²) >= 11 is 0. The van der Waals surface area contributed by atoms with Crippen molar-refractivity contribution in [2.24, 2.45) is 0 Å². The van der Waals surface area contributed by atoms with E-state index < -0.39 is 11.2 Å². The van der Waals surface area contributed by atoms with Crippen LogP contribution >= 0.6 is 0 Å². The zero-order chi connectivity index (χ0) is 20.6. The highest BCUT2D eigenvalue weighted by Gasteiger charge is 2.39. The molecule has 0 saturated heterocycles. The van der Waals surface area contributed by atoms with E-state index in [1.807, 2.05) is 13.8 Å². The van der Waals surface area contributed by atoms with Crippen LogP contribution in [0.15, 0.2) is 29.1 Å². The quantitative estimate of drug-likeness (QED) is 0.826. The molecule has 28 heavy (non-hydrogen) atoms. The first-order chi connectivity index (χ1) is 13.1. The molecular formula is C21H26FN3O3. The van der Waals surface area contributed by atoms with Gasteiger partial charge in [0.25, 0.3) is 5.56 Å². The number of aliphatic hydroxyl groups is 1. The van der Waals surface area contributed by atoms with Gasteiger partial charge in [0.05, 0.1) is 11.3 Å². The summed E-state index contributed by atoms with van der Waals surface area (Å²) < 4.78 is 15.7. The Balaban J connectivity index is 1.88. The van der Waals surface area contributed by atoms with Gasteiger partial charge in [0.1, 0.15) is 12.4 Å². The van der Waals surface area contributed by atoms with Gasteiger partial charge in [-0.15, -0.1) is 0 Å². The van der Waals surface area contributed by atoms with Gasteiger partial charge in [-0.3, -0.25) is 9.59 Å². The number of aryl methyl sites for hydroxylation is 1. The molecule has 6 nitrogen and oxygen atoms in total. The maximum atomic E-state index is 14.6. The lowest BCUT2D eigenvalue weighted by Gasteiger charge is -2.41. The first-order valence-electron chi connectivity index (χ1n) is 9.46. The fourth-order valence-electron chi connectivity index (χ4n) is 3.63. The first-order valence-corrected chi connectivity index (χ1v) is 9.46. The molecule has 1 aliphatic rings. The highest BCUT2D eigenvalue weighted by atomic mass is 19.1. The summed E-state index contributed by atoms with van der Waals surface area (Å²) in [5.41, 5.74) is 0.637. The molecule has 2 N–H and O–H groups in total. The van der Waals surface area contributed by atoms with Crippen LogP contribution in [0.5, 0.6) is 0 Å². The van der Waals surface area contributed by atoms with Crippen molar-refractivity contribution < 1.29 is 14.3 Å². The number of benzene rings is 1. The first kappa shape index (κ1) is 20.2. The molecule has 0 spiro atoms. The number of hydrogen-bond acceptors (Lipinski definition) is 4. The Morgan fingerprint density at radius 1 is 1.39 bits per heavy atom. The van der Waals surface area contributed by atoms with E-state index in [4.69, 9.17) is 0 Å². The summed E-state index contributed by atoms with van der Waals surface area (Å²) in [5.74, 6) is -0.774. The molecule has 150 valence electrons. The zero-order valence-corrected chi connectivity index (χ0v) is 16.6. The number of rotatable bonds is 5. The van der Waals surface area contributed by atoms with E-state index in [2.05, 4.69) is 10.4 Å². The van der Waals surface area contributed by atoms with Gasteiger partial charge in [-0.2, -0.15) is 5.10 Å². The van der Waals surface area contributed by atoms with Crippen LogP contribution in [0, 0.1) is 12.7 Å². The van der Waals surface area contributed by atoms with E-state index >= 15 is 0 Å². The number of amides is 1. The van der Waals surface area contributed by atoms with Crippen LogP contribution in [0.25, 0.3) is 11.1 Å². The molecule has 7 heteroatoms. The van der Waals surface area contributed by atoms with E-state index in [0.717, 1.165) is 4.68 Å². The van der Waals surface area contributed by atoms with Crippen LogP contribution in [-0.4, -0.2) is 32.4 Å². The van der Waals surface area contributed by atoms with Crippen molar-refractivity contribution in [3.05, 3.63) is 51.7 Å². The predicted molar refractivity (Wildman–Crippen MR) is 105 cm³/mol. The molecule has 2 aromatic rings. The normalized spacial score (nSPS) is 21.5. The molecule has 1 aromatic heterocycles. The Kier molecular flexibility index (Phi) is 5.39. The summed E-state index contributed by atoms with van der Waals surface area (Å²) in [6, 6.07) is 6.30. The fraction of sp³-hybridized carbons (Fsp3) is 0.476. The van der Waals surface area contributed by atoms with Crippen molar-refractivity contribution in [3.63, 3.8) is 0 Å². The zero-order valence-electron chi connectivity index (χ0n) is 16.6. The molecule has 1 aliphatic carbocycles. The number of aromatic nitrogens is 2. The van der Waals surface area contributed by atoms with Crippen LogP contribution in [0.3, 0.4) is 0 Å². The molecule has 3 rings (SSSR count). The Labute approximate surface area is 163 Å². The van der Waals surface area contributed by atoms with Gasteiger partial charge in [0.15, 0.2) is 0 Å². The minimum Gasteiger partial charge on any atom is -0.390 e. The number of halogens is 1. The highest BCUT2D eigenvalue weighted by Crippen LogP contribution is 2.31. The SMILES string of the molecule is Cc1cccc(-c2cc(=O)n(CC(=O)N[C@H]3C[C@@](C)(O)C3)nc2C(C)C)c1F. The van der Waals surface area contributed by atoms with Crippen molar-refractivity contribution in [2.75, 3.05) is 0 Å². The van der Waals surface area contributed by atoms with Crippen molar-refractivity contribution in [2.45, 2.75) is 64.6 Å². The summed E-state index contributed by atoms with van der Waals surface area (Å²) in [6.45, 7) is 6.99. The van der Waals surface area contributed by atoms with Gasteiger partial charge in [0, 0.05) is 23.2 Å². The third kappa shape index (κ3) is 4.14. The molecule has 0 atom stereocenters. The lowest BCUT2D eigenvalue weighted by molar-refractivity contribution is -0.125. The maximum Gasteiger partial charge on any atom is 0.267 e. The predicted octanol–water partition coefficient (Wildman–Crippen LogP) is 2.51. The third-order valence-electron chi connectivity index (χ3n) is 5.09. The molecule has 1 amide bonds. The number of hydrogen-bond donors (Lipinski definition) is 2. The lowest BCUT2D eigenvalue weighted by atomic mass is 9.77. The number of carbonyl (C=O) groups is 1. The average molecular weight is 387 g/mol. The minimum atomic E-state index is -0.739. The second-order valence-corrected chi connectivity index (χ2v) is 8.20. The van der Waals surface area contributed by atoms with Crippen LogP contribution < -0.4 is 10.9 Å². The van der Waals surface area contributed by atoms with E-state index in [0.29, 0.717) is 35.2 Å². The average Bonchev–Trinajstić information content (AvgIpc) is 2.57. The summed E-state index contributed by atoms with van der Waals surface area (Å²) in [6.07, 6.45) is 0.980. The Morgan fingerprint density at radius 3 is 2.68 bits per heavy atom. The highest BCUT2D eigenvalue weighted by molar-refractivity contribution is 5.76. The molecule has 0 aliphatic heterocycles. The van der Waals surface area contributed by atoms with E-state index in [-0.39, 0.29) is 30.2 Å². The number of nitrogens with zero attached hydrogens (tertiary/aromatic N) is 2. The second kappa shape index (κ2) is 7.47. The summed E-state index contributed by atoms with van der Waals surface area (Å²) in [4.78, 5) is 24.8. The lowest BCUT2D eigenvalue weighted by Crippen LogP contribution is -2.54. The van der Waals surface area contributed by atoms with Crippen LogP contribution in [0.2, 0.25) is 0 Å². The van der Waals surface area contributed by atoms with Gasteiger partial charge in [-0.25, -0.2) is 9.07 Å². The molecule has 1 aromatic carbocycles. The van der Waals surface area contributed by atoms with E-state index in [1.54, 1.807) is 32.0 Å². The van der Waals surface area contributed by atoms with Crippen molar-refractivity contribution in [1.82, 2.24) is 15.1 Å². The third-order valence-corrected chi connectivity index (χ3v) is 5.09. The molecular weight excluding hydrogens is 361 g/mol. The Bertz CT molecular complexity index is 958. The topological polar surface area (TPSA) is 84.2 Å². The monoisotopic (exact) mass is 387 g/mol. The Morgan fingerprint density at radius 2 is 2.07 bits per heavy atom. The summed E-state index contributed by atoms with van der Waals surface area (Å²) in [7, 11) is 0. The smallest absolute Gasteiger partial charge is 0.267 e. The molecule has 1 saturated carbocycles. The second-order valence-electron chi connectivity index (χ2n) is 8.20. The van der Waals surface area contributed by atoms with Crippen molar-refractivity contribution in [3.8, 4) is 11.1 Å². The van der Waals surface area contributed by atoms with Crippen LogP contribution in [0.4, 0.5) is 4.39 Å². The molecule has 0 bridgehead atoms. The minimum absolute atomic E-state index is 0.0634. The van der Waals surface area contributed by atoms with E-state index in [1.165, 1.54) is 6.07 Å². The van der Waals surface area contributed by atoms with Gasteiger partial charge in [0.2, 0.25) is 5.91 Å². The van der Waals surface area contributed by atoms with Crippen LogP contribution in [0.1, 0.15) is 50.8 Å². The van der Waals surface area contributed by atoms with Gasteiger partial charge in [-0.1, -0.05) is 32.0 Å². The molecule has 1 heterocycles. The van der Waals surface area contributed by atoms with Crippen molar-refractivity contribution >= 4 is 5.91 Å². The van der Waals surface area contributed by atoms with Crippen LogP contribution in [-0.2, 0) is 11.3 Å².